The molecule has 0 aromatic heterocycles. The van der Waals surface area contributed by atoms with E-state index in [1.807, 2.05) is 30.3 Å². The van der Waals surface area contributed by atoms with Crippen LogP contribution >= 0.6 is 0 Å². The van der Waals surface area contributed by atoms with Crippen molar-refractivity contribution in [3.63, 3.8) is 0 Å². The van der Waals surface area contributed by atoms with Crippen molar-refractivity contribution in [3.8, 4) is 5.75 Å². The van der Waals surface area contributed by atoms with Gasteiger partial charge in [0.25, 0.3) is 0 Å². The summed E-state index contributed by atoms with van der Waals surface area (Å²) in [6, 6.07) is 9.84. The van der Waals surface area contributed by atoms with Crippen LogP contribution in [-0.4, -0.2) is 6.61 Å². The zero-order chi connectivity index (χ0) is 8.65. The molecule has 12 heavy (non-hydrogen) atoms. The third-order valence-corrected chi connectivity index (χ3v) is 1.61. The molecule has 0 spiro atoms. The van der Waals surface area contributed by atoms with Crippen molar-refractivity contribution in [1.29, 1.82) is 0 Å². The zero-order valence-electron chi connectivity index (χ0n) is 7.20. The molecule has 1 rings (SSSR count). The summed E-state index contributed by atoms with van der Waals surface area (Å²) >= 11 is 0. The number of para-hydroxylation sites is 1. The molecule has 0 unspecified atom stereocenters. The van der Waals surface area contributed by atoms with E-state index in [-0.39, 0.29) is 0 Å². The maximum absolute atomic E-state index is 5.45. The van der Waals surface area contributed by atoms with Gasteiger partial charge in [-0.05, 0) is 38.3 Å². The molecule has 0 saturated heterocycles. The highest BCUT2D eigenvalue weighted by Crippen LogP contribution is 2.08. The normalized spacial score (nSPS) is 9.75. The van der Waals surface area contributed by atoms with Crippen LogP contribution in [0.5, 0.6) is 5.75 Å². The smallest absolute Gasteiger partial charge is 0.119 e. The van der Waals surface area contributed by atoms with Gasteiger partial charge in [-0.2, -0.15) is 0 Å². The second-order valence-electron chi connectivity index (χ2n) is 2.66. The number of rotatable bonds is 5. The lowest BCUT2D eigenvalue weighted by Gasteiger charge is -2.03. The highest BCUT2D eigenvalue weighted by Gasteiger charge is 1.89. The first-order valence-electron chi connectivity index (χ1n) is 4.31. The zero-order valence-corrected chi connectivity index (χ0v) is 7.20. The summed E-state index contributed by atoms with van der Waals surface area (Å²) in [5.41, 5.74) is 0. The summed E-state index contributed by atoms with van der Waals surface area (Å²) in [5, 5.41) is 0. The second kappa shape index (κ2) is 5.64. The molecule has 0 N–H and O–H groups in total. The van der Waals surface area contributed by atoms with Crippen LogP contribution < -0.4 is 4.74 Å². The fourth-order valence-corrected chi connectivity index (χ4v) is 0.953. The number of hydrogen-bond donors (Lipinski definition) is 0. The van der Waals surface area contributed by atoms with E-state index in [2.05, 4.69) is 0 Å². The van der Waals surface area contributed by atoms with Crippen molar-refractivity contribution < 1.29 is 4.74 Å². The van der Waals surface area contributed by atoms with E-state index in [0.29, 0.717) is 0 Å². The van der Waals surface area contributed by atoms with E-state index in [0.717, 1.165) is 31.6 Å². The summed E-state index contributed by atoms with van der Waals surface area (Å²) in [7, 11) is 0. The molecule has 0 atom stereocenters. The van der Waals surface area contributed by atoms with Gasteiger partial charge < -0.3 is 4.74 Å². The van der Waals surface area contributed by atoms with Crippen LogP contribution in [-0.2, 0) is 0 Å². The molecule has 1 aromatic rings. The van der Waals surface area contributed by atoms with Crippen LogP contribution in [0.25, 0.3) is 0 Å². The molecule has 64 valence electrons. The van der Waals surface area contributed by atoms with Crippen LogP contribution in [0.15, 0.2) is 30.3 Å². The molecule has 1 heteroatoms. The van der Waals surface area contributed by atoms with Gasteiger partial charge in [0.15, 0.2) is 0 Å². The highest BCUT2D eigenvalue weighted by atomic mass is 16.5. The Labute approximate surface area is 74.4 Å². The summed E-state index contributed by atoms with van der Waals surface area (Å²) in [5.74, 6) is 0.939. The Balaban J connectivity index is 2.16. The van der Waals surface area contributed by atoms with Crippen molar-refractivity contribution in [2.75, 3.05) is 6.61 Å². The third-order valence-electron chi connectivity index (χ3n) is 1.61. The quantitative estimate of drug-likeness (QED) is 0.605. The number of ether oxygens (including phenoxy) is 1. The Hall–Kier alpha value is -0.980. The molecule has 0 bridgehead atoms. The van der Waals surface area contributed by atoms with Gasteiger partial charge in [0.05, 0.1) is 6.61 Å². The lowest BCUT2D eigenvalue weighted by atomic mass is 10.3. The van der Waals surface area contributed by atoms with E-state index >= 15 is 0 Å². The number of benzene rings is 1. The first kappa shape index (κ1) is 9.11. The van der Waals surface area contributed by atoms with Gasteiger partial charge in [0.1, 0.15) is 5.75 Å². The molecular weight excluding hydrogens is 148 g/mol. The van der Waals surface area contributed by atoms with Crippen molar-refractivity contribution >= 4 is 0 Å². The fourth-order valence-electron chi connectivity index (χ4n) is 0.953. The monoisotopic (exact) mass is 162 g/mol. The molecular formula is C11H14O. The van der Waals surface area contributed by atoms with Crippen molar-refractivity contribution in [2.24, 2.45) is 0 Å². The first-order chi connectivity index (χ1) is 5.93. The molecule has 0 amide bonds. The molecule has 0 heterocycles. The Kier molecular flexibility index (Phi) is 4.28. The molecule has 1 aromatic carbocycles. The topological polar surface area (TPSA) is 9.23 Å². The minimum Gasteiger partial charge on any atom is -0.494 e. The second-order valence-corrected chi connectivity index (χ2v) is 2.66. The van der Waals surface area contributed by atoms with E-state index in [4.69, 9.17) is 11.7 Å². The molecule has 1 nitrogen and oxygen atoms in total. The maximum atomic E-state index is 5.45. The fraction of sp³-hybridized carbons (Fsp3) is 0.364. The van der Waals surface area contributed by atoms with Gasteiger partial charge in [-0.3, -0.25) is 0 Å². The summed E-state index contributed by atoms with van der Waals surface area (Å²) < 4.78 is 5.45. The Morgan fingerprint density at radius 1 is 1.08 bits per heavy atom. The van der Waals surface area contributed by atoms with Gasteiger partial charge in [-0.1, -0.05) is 18.2 Å². The van der Waals surface area contributed by atoms with Crippen LogP contribution in [0.4, 0.5) is 0 Å². The minimum absolute atomic E-state index is 0.748. The molecule has 0 fully saturated rings. The molecule has 2 radical (unpaired) electrons. The SMILES string of the molecule is [CH]CCCCOc1ccccc1. The largest absolute Gasteiger partial charge is 0.494 e. The lowest BCUT2D eigenvalue weighted by Crippen LogP contribution is -1.96. The summed E-state index contributed by atoms with van der Waals surface area (Å²) in [6.07, 6.45) is 2.82. The highest BCUT2D eigenvalue weighted by molar-refractivity contribution is 5.20. The average molecular weight is 162 g/mol. The van der Waals surface area contributed by atoms with Crippen LogP contribution in [0.1, 0.15) is 19.3 Å². The Morgan fingerprint density at radius 3 is 2.50 bits per heavy atom. The molecule has 0 aliphatic rings. The van der Waals surface area contributed by atoms with Gasteiger partial charge in [0, 0.05) is 0 Å². The van der Waals surface area contributed by atoms with E-state index < -0.39 is 0 Å². The van der Waals surface area contributed by atoms with Gasteiger partial charge in [-0.25, -0.2) is 0 Å². The molecule has 0 aliphatic carbocycles. The summed E-state index contributed by atoms with van der Waals surface area (Å²) in [4.78, 5) is 0. The van der Waals surface area contributed by atoms with E-state index in [9.17, 15) is 0 Å². The van der Waals surface area contributed by atoms with Crippen molar-refractivity contribution in [1.82, 2.24) is 0 Å². The maximum Gasteiger partial charge on any atom is 0.119 e. The van der Waals surface area contributed by atoms with Gasteiger partial charge in [0.2, 0.25) is 0 Å². The lowest BCUT2D eigenvalue weighted by molar-refractivity contribution is 0.307. The van der Waals surface area contributed by atoms with Crippen LogP contribution in [0.3, 0.4) is 0 Å². The third kappa shape index (κ3) is 3.42. The Morgan fingerprint density at radius 2 is 1.83 bits per heavy atom. The molecule has 0 saturated carbocycles. The number of hydrogen-bond acceptors (Lipinski definition) is 1. The predicted octanol–water partition coefficient (Wildman–Crippen LogP) is 2.95. The summed E-state index contributed by atoms with van der Waals surface area (Å²) in [6.45, 7) is 6.12. The van der Waals surface area contributed by atoms with Gasteiger partial charge >= 0.3 is 0 Å². The standard InChI is InChI=1S/C11H14O/c1-2-3-7-10-12-11-8-5-4-6-9-11/h1,4-6,8-9H,2-3,7,10H2. The van der Waals surface area contributed by atoms with Gasteiger partial charge in [-0.15, -0.1) is 0 Å². The molecule has 0 aliphatic heterocycles. The average Bonchev–Trinajstić information content (AvgIpc) is 2.14. The number of unbranched alkanes of at least 4 members (excludes halogenated alkanes) is 2. The van der Waals surface area contributed by atoms with E-state index in [1.165, 1.54) is 0 Å². The van der Waals surface area contributed by atoms with Crippen molar-refractivity contribution in [2.45, 2.75) is 19.3 Å². The minimum atomic E-state index is 0.748. The van der Waals surface area contributed by atoms with Crippen LogP contribution in [0.2, 0.25) is 0 Å². The predicted molar refractivity (Wildman–Crippen MR) is 50.1 cm³/mol. The van der Waals surface area contributed by atoms with Crippen molar-refractivity contribution in [3.05, 3.63) is 37.3 Å². The van der Waals surface area contributed by atoms with Crippen LogP contribution in [0, 0.1) is 6.92 Å². The first-order valence-corrected chi connectivity index (χ1v) is 4.31. The van der Waals surface area contributed by atoms with E-state index in [1.54, 1.807) is 0 Å². The Bertz CT molecular complexity index is 193.